The number of rotatable bonds is 5. The molecular formula is C15H29N4OS+. The molecule has 1 heterocycles. The van der Waals surface area contributed by atoms with Crippen molar-refractivity contribution in [1.82, 2.24) is 10.7 Å². The molecule has 1 saturated carbocycles. The molecule has 0 aromatic rings. The Balaban J connectivity index is 1.55. The lowest BCUT2D eigenvalue weighted by molar-refractivity contribution is -0.908. The number of hydrogen-bond acceptors (Lipinski definition) is 3. The predicted molar refractivity (Wildman–Crippen MR) is 89.8 cm³/mol. The highest BCUT2D eigenvalue weighted by Crippen LogP contribution is 2.20. The molecule has 0 spiro atoms. The lowest BCUT2D eigenvalue weighted by Crippen LogP contribution is -3.14. The first-order valence-corrected chi connectivity index (χ1v) is 8.68. The fourth-order valence-corrected chi connectivity index (χ4v) is 3.10. The topological polar surface area (TPSA) is 50.1 Å². The Kier molecular flexibility index (Phi) is 7.39. The van der Waals surface area contributed by atoms with E-state index in [-0.39, 0.29) is 0 Å². The van der Waals surface area contributed by atoms with Gasteiger partial charge in [0.15, 0.2) is 5.11 Å². The van der Waals surface area contributed by atoms with E-state index in [1.165, 1.54) is 31.5 Å². The minimum atomic E-state index is 0.596. The van der Waals surface area contributed by atoms with Crippen LogP contribution in [0.5, 0.6) is 0 Å². The molecule has 1 saturated heterocycles. The molecule has 6 heteroatoms. The van der Waals surface area contributed by atoms with Crippen LogP contribution >= 0.6 is 12.2 Å². The summed E-state index contributed by atoms with van der Waals surface area (Å²) in [4.78, 5) is 1.64. The Labute approximate surface area is 133 Å². The number of hydrogen-bond donors (Lipinski definition) is 3. The van der Waals surface area contributed by atoms with E-state index >= 15 is 0 Å². The van der Waals surface area contributed by atoms with E-state index in [2.05, 4.69) is 22.8 Å². The molecule has 0 aromatic carbocycles. The maximum absolute atomic E-state index is 5.36. The Morgan fingerprint density at radius 1 is 1.38 bits per heavy atom. The monoisotopic (exact) mass is 313 g/mol. The highest BCUT2D eigenvalue weighted by molar-refractivity contribution is 7.80. The van der Waals surface area contributed by atoms with Gasteiger partial charge >= 0.3 is 0 Å². The van der Waals surface area contributed by atoms with Crippen LogP contribution in [0.25, 0.3) is 0 Å². The van der Waals surface area contributed by atoms with E-state index in [0.29, 0.717) is 11.0 Å². The van der Waals surface area contributed by atoms with Crippen molar-refractivity contribution in [3.63, 3.8) is 0 Å². The number of nitrogens with zero attached hydrogens (tertiary/aromatic N) is 1. The maximum Gasteiger partial charge on any atom is 0.186 e. The van der Waals surface area contributed by atoms with Gasteiger partial charge in [-0.1, -0.05) is 13.3 Å². The second kappa shape index (κ2) is 9.33. The van der Waals surface area contributed by atoms with Gasteiger partial charge in [-0.25, -0.2) is 0 Å². The zero-order chi connectivity index (χ0) is 14.9. The van der Waals surface area contributed by atoms with Crippen LogP contribution in [-0.4, -0.2) is 50.2 Å². The smallest absolute Gasteiger partial charge is 0.186 e. The van der Waals surface area contributed by atoms with Crippen molar-refractivity contribution in [2.45, 2.75) is 39.0 Å². The van der Waals surface area contributed by atoms with Crippen molar-refractivity contribution >= 4 is 23.0 Å². The van der Waals surface area contributed by atoms with E-state index in [1.54, 1.807) is 4.90 Å². The molecule has 0 amide bonds. The second-order valence-corrected chi connectivity index (χ2v) is 6.49. The van der Waals surface area contributed by atoms with E-state index in [9.17, 15) is 0 Å². The Hall–Kier alpha value is -0.720. The molecule has 0 bridgehead atoms. The average molecular weight is 313 g/mol. The van der Waals surface area contributed by atoms with Crippen LogP contribution in [0.3, 0.4) is 0 Å². The molecule has 0 radical (unpaired) electrons. The molecule has 3 N–H and O–H groups in total. The molecule has 21 heavy (non-hydrogen) atoms. The van der Waals surface area contributed by atoms with Crippen LogP contribution in [0.1, 0.15) is 39.0 Å². The van der Waals surface area contributed by atoms with Crippen LogP contribution in [0, 0.1) is 5.92 Å². The largest absolute Gasteiger partial charge is 0.370 e. The van der Waals surface area contributed by atoms with Gasteiger partial charge in [0.05, 0.1) is 19.8 Å². The fraction of sp³-hybridized carbons (Fsp3) is 0.867. The number of quaternary nitrogens is 1. The van der Waals surface area contributed by atoms with Crippen molar-refractivity contribution in [3.05, 3.63) is 0 Å². The van der Waals surface area contributed by atoms with Crippen molar-refractivity contribution in [2.24, 2.45) is 11.0 Å². The van der Waals surface area contributed by atoms with Gasteiger partial charge in [-0.15, -0.1) is 0 Å². The highest BCUT2D eigenvalue weighted by Gasteiger charge is 2.16. The maximum atomic E-state index is 5.36. The van der Waals surface area contributed by atoms with Crippen molar-refractivity contribution < 1.29 is 9.64 Å². The third-order valence-corrected chi connectivity index (χ3v) is 4.62. The molecule has 2 fully saturated rings. The van der Waals surface area contributed by atoms with Gasteiger partial charge in [0.25, 0.3) is 0 Å². The van der Waals surface area contributed by atoms with Crippen LogP contribution < -0.4 is 15.6 Å². The summed E-state index contributed by atoms with van der Waals surface area (Å²) in [5.41, 5.74) is 4.27. The number of hydrazone groups is 1. The van der Waals surface area contributed by atoms with Crippen molar-refractivity contribution in [1.29, 1.82) is 0 Å². The summed E-state index contributed by atoms with van der Waals surface area (Å²) in [6, 6.07) is 0. The van der Waals surface area contributed by atoms with Gasteiger partial charge in [-0.2, -0.15) is 5.10 Å². The molecule has 0 aromatic heterocycles. The minimum absolute atomic E-state index is 0.596. The van der Waals surface area contributed by atoms with Gasteiger partial charge in [0.2, 0.25) is 0 Å². The summed E-state index contributed by atoms with van der Waals surface area (Å²) in [7, 11) is 0. The first-order valence-electron chi connectivity index (χ1n) is 8.27. The van der Waals surface area contributed by atoms with Crippen LogP contribution in [0.15, 0.2) is 5.10 Å². The van der Waals surface area contributed by atoms with E-state index in [0.717, 1.165) is 45.7 Å². The lowest BCUT2D eigenvalue weighted by atomic mass is 9.89. The van der Waals surface area contributed by atoms with E-state index in [4.69, 9.17) is 17.0 Å². The molecule has 120 valence electrons. The predicted octanol–water partition coefficient (Wildman–Crippen LogP) is 0.322. The van der Waals surface area contributed by atoms with Gasteiger partial charge in [0.1, 0.15) is 13.1 Å². The molecule has 1 atom stereocenters. The summed E-state index contributed by atoms with van der Waals surface area (Å²) >= 11 is 5.27. The molecule has 0 unspecified atom stereocenters. The zero-order valence-electron chi connectivity index (χ0n) is 13.1. The number of thiocarbonyl (C=S) groups is 1. The number of morpholine rings is 1. The third kappa shape index (κ3) is 6.28. The molecule has 2 rings (SSSR count). The van der Waals surface area contributed by atoms with Gasteiger partial charge in [-0.05, 0) is 37.4 Å². The third-order valence-electron chi connectivity index (χ3n) is 4.38. The fourth-order valence-electron chi connectivity index (χ4n) is 2.95. The minimum Gasteiger partial charge on any atom is -0.370 e. The Morgan fingerprint density at radius 2 is 2.19 bits per heavy atom. The van der Waals surface area contributed by atoms with Crippen LogP contribution in [-0.2, 0) is 4.74 Å². The standard InChI is InChI=1S/C15H28N4OS/c1-13-5-2-3-6-14(13)17-18-15(21)16-7-4-8-19-9-11-20-12-10-19/h13H,2-12H2,1H3,(H2,16,18,21)/p+1/b17-14-/t13-/m0/s1. The first-order chi connectivity index (χ1) is 10.3. The number of nitrogens with one attached hydrogen (secondary N) is 3. The SMILES string of the molecule is C[C@H]1CCCC/C1=N/NC(=S)NCCC[NH+]1CCOCC1. The highest BCUT2D eigenvalue weighted by atomic mass is 32.1. The summed E-state index contributed by atoms with van der Waals surface area (Å²) < 4.78 is 5.36. The summed E-state index contributed by atoms with van der Waals surface area (Å²) in [5.74, 6) is 0.596. The van der Waals surface area contributed by atoms with Crippen molar-refractivity contribution in [2.75, 3.05) is 39.4 Å². The lowest BCUT2D eigenvalue weighted by Gasteiger charge is -2.23. The van der Waals surface area contributed by atoms with Gasteiger partial charge in [-0.3, -0.25) is 5.43 Å². The molecular weight excluding hydrogens is 284 g/mol. The average Bonchev–Trinajstić information content (AvgIpc) is 2.52. The second-order valence-electron chi connectivity index (χ2n) is 6.08. The van der Waals surface area contributed by atoms with Gasteiger partial charge < -0.3 is 15.0 Å². The van der Waals surface area contributed by atoms with Crippen molar-refractivity contribution in [3.8, 4) is 0 Å². The van der Waals surface area contributed by atoms with E-state index in [1.807, 2.05) is 0 Å². The first kappa shape index (κ1) is 16.6. The molecule has 5 nitrogen and oxygen atoms in total. The summed E-state index contributed by atoms with van der Waals surface area (Å²) in [5, 5.41) is 8.37. The zero-order valence-corrected chi connectivity index (χ0v) is 13.9. The molecule has 1 aliphatic heterocycles. The quantitative estimate of drug-likeness (QED) is 0.389. The number of ether oxygens (including phenoxy) is 1. The molecule has 2 aliphatic rings. The Morgan fingerprint density at radius 3 is 2.95 bits per heavy atom. The molecule has 1 aliphatic carbocycles. The van der Waals surface area contributed by atoms with Crippen LogP contribution in [0.2, 0.25) is 0 Å². The summed E-state index contributed by atoms with van der Waals surface area (Å²) in [6.45, 7) is 8.42. The normalized spacial score (nSPS) is 25.8. The van der Waals surface area contributed by atoms with Gasteiger partial charge in [0, 0.05) is 18.7 Å². The van der Waals surface area contributed by atoms with Crippen LogP contribution in [0.4, 0.5) is 0 Å². The summed E-state index contributed by atoms with van der Waals surface area (Å²) in [6.07, 6.45) is 6.07. The van der Waals surface area contributed by atoms with E-state index < -0.39 is 0 Å². The Bertz CT molecular complexity index is 356.